The van der Waals surface area contributed by atoms with Crippen LogP contribution >= 0.6 is 15.9 Å². The minimum absolute atomic E-state index is 0.351. The molecular weight excluding hydrogens is 223 g/mol. The van der Waals surface area contributed by atoms with Gasteiger partial charge in [0.2, 0.25) is 0 Å². The van der Waals surface area contributed by atoms with Crippen LogP contribution in [0.15, 0.2) is 22.9 Å². The molecule has 0 aromatic carbocycles. The van der Waals surface area contributed by atoms with Crippen molar-refractivity contribution >= 4 is 15.9 Å². The molecule has 1 rings (SSSR count). The maximum absolute atomic E-state index is 13.1. The van der Waals surface area contributed by atoms with Crippen LogP contribution < -0.4 is 5.73 Å². The fraction of sp³-hybridized carbons (Fsp3) is 0.375. The van der Waals surface area contributed by atoms with Gasteiger partial charge in [-0.15, -0.1) is 0 Å². The highest BCUT2D eigenvalue weighted by atomic mass is 79.9. The van der Waals surface area contributed by atoms with Crippen LogP contribution in [-0.4, -0.2) is 11.5 Å². The van der Waals surface area contributed by atoms with Crippen LogP contribution in [0.4, 0.5) is 4.39 Å². The van der Waals surface area contributed by atoms with Crippen molar-refractivity contribution in [2.45, 2.75) is 12.6 Å². The van der Waals surface area contributed by atoms with Crippen molar-refractivity contribution in [3.8, 4) is 0 Å². The fourth-order valence-corrected chi connectivity index (χ4v) is 1.12. The lowest BCUT2D eigenvalue weighted by Crippen LogP contribution is -2.03. The molecule has 4 heteroatoms. The summed E-state index contributed by atoms with van der Waals surface area (Å²) in [5, 5.41) is 0. The van der Waals surface area contributed by atoms with Crippen molar-refractivity contribution in [3.63, 3.8) is 0 Å². The van der Waals surface area contributed by atoms with E-state index in [0.29, 0.717) is 23.1 Å². The van der Waals surface area contributed by atoms with Gasteiger partial charge in [-0.3, -0.25) is 0 Å². The molecule has 66 valence electrons. The Balaban J connectivity index is 2.68. The number of nitrogens with zero attached hydrogens (tertiary/aromatic N) is 1. The summed E-state index contributed by atoms with van der Waals surface area (Å²) < 4.78 is 13.8. The van der Waals surface area contributed by atoms with E-state index in [2.05, 4.69) is 20.9 Å². The smallest absolute Gasteiger partial charge is 0.128 e. The minimum atomic E-state index is -0.990. The van der Waals surface area contributed by atoms with Crippen LogP contribution in [0.3, 0.4) is 0 Å². The van der Waals surface area contributed by atoms with E-state index in [-0.39, 0.29) is 0 Å². The molecule has 0 amide bonds. The van der Waals surface area contributed by atoms with E-state index in [1.165, 1.54) is 6.20 Å². The number of alkyl halides is 1. The molecule has 12 heavy (non-hydrogen) atoms. The molecule has 0 aliphatic carbocycles. The zero-order valence-corrected chi connectivity index (χ0v) is 8.09. The van der Waals surface area contributed by atoms with Crippen molar-refractivity contribution in [3.05, 3.63) is 28.5 Å². The molecule has 2 nitrogen and oxygen atoms in total. The number of nitrogens with two attached hydrogens (primary N) is 1. The molecule has 1 aromatic heterocycles. The van der Waals surface area contributed by atoms with Crippen LogP contribution in [0.25, 0.3) is 0 Å². The summed E-state index contributed by atoms with van der Waals surface area (Å²) in [6.45, 7) is 0.358. The van der Waals surface area contributed by atoms with Gasteiger partial charge in [0, 0.05) is 11.8 Å². The Kier molecular flexibility index (Phi) is 3.62. The number of rotatable bonds is 3. The molecule has 1 heterocycles. The molecule has 2 N–H and O–H groups in total. The molecule has 0 spiro atoms. The molecule has 0 radical (unpaired) electrons. The molecular formula is C8H10BrFN2. The first-order chi connectivity index (χ1) is 5.74. The van der Waals surface area contributed by atoms with E-state index in [4.69, 9.17) is 5.73 Å². The van der Waals surface area contributed by atoms with Crippen LogP contribution in [0.1, 0.15) is 18.2 Å². The second-order valence-electron chi connectivity index (χ2n) is 2.46. The lowest BCUT2D eigenvalue weighted by molar-refractivity contribution is 0.327. The highest BCUT2D eigenvalue weighted by Crippen LogP contribution is 2.20. The number of pyridine rings is 1. The van der Waals surface area contributed by atoms with Crippen LogP contribution in [0.5, 0.6) is 0 Å². The predicted octanol–water partition coefficient (Wildman–Crippen LogP) is 2.20. The van der Waals surface area contributed by atoms with Gasteiger partial charge in [0.05, 0.1) is 0 Å². The van der Waals surface area contributed by atoms with Crippen LogP contribution in [-0.2, 0) is 0 Å². The summed E-state index contributed by atoms with van der Waals surface area (Å²) in [5.41, 5.74) is 5.81. The summed E-state index contributed by atoms with van der Waals surface area (Å²) in [6, 6.07) is 3.43. The molecule has 0 saturated carbocycles. The lowest BCUT2D eigenvalue weighted by Gasteiger charge is -2.05. The van der Waals surface area contributed by atoms with E-state index in [9.17, 15) is 4.39 Å². The molecule has 0 aliphatic heterocycles. The quantitative estimate of drug-likeness (QED) is 0.813. The van der Waals surface area contributed by atoms with Gasteiger partial charge in [-0.25, -0.2) is 9.37 Å². The van der Waals surface area contributed by atoms with Gasteiger partial charge in [0.15, 0.2) is 0 Å². The SMILES string of the molecule is NCCC(F)c1ccc(Br)nc1. The summed E-state index contributed by atoms with van der Waals surface area (Å²) in [7, 11) is 0. The monoisotopic (exact) mass is 232 g/mol. The molecule has 1 aromatic rings. The van der Waals surface area contributed by atoms with Gasteiger partial charge in [-0.2, -0.15) is 0 Å². The third-order valence-corrected chi connectivity index (χ3v) is 2.00. The van der Waals surface area contributed by atoms with E-state index in [0.717, 1.165) is 0 Å². The van der Waals surface area contributed by atoms with Crippen molar-refractivity contribution in [1.29, 1.82) is 0 Å². The van der Waals surface area contributed by atoms with Gasteiger partial charge in [-0.1, -0.05) is 6.07 Å². The van der Waals surface area contributed by atoms with Gasteiger partial charge >= 0.3 is 0 Å². The van der Waals surface area contributed by atoms with Gasteiger partial charge < -0.3 is 5.73 Å². The Morgan fingerprint density at radius 1 is 1.58 bits per heavy atom. The molecule has 1 atom stereocenters. The minimum Gasteiger partial charge on any atom is -0.330 e. The van der Waals surface area contributed by atoms with Crippen LogP contribution in [0, 0.1) is 0 Å². The Morgan fingerprint density at radius 3 is 2.83 bits per heavy atom. The Bertz CT molecular complexity index is 237. The topological polar surface area (TPSA) is 38.9 Å². The van der Waals surface area contributed by atoms with Gasteiger partial charge in [0.25, 0.3) is 0 Å². The average Bonchev–Trinajstić information content (AvgIpc) is 2.06. The summed E-state index contributed by atoms with van der Waals surface area (Å²) >= 11 is 3.18. The highest BCUT2D eigenvalue weighted by Gasteiger charge is 2.07. The summed E-state index contributed by atoms with van der Waals surface area (Å²) in [4.78, 5) is 3.92. The zero-order valence-electron chi connectivity index (χ0n) is 6.50. The Morgan fingerprint density at radius 2 is 2.33 bits per heavy atom. The molecule has 0 saturated heterocycles. The largest absolute Gasteiger partial charge is 0.330 e. The van der Waals surface area contributed by atoms with Crippen LogP contribution in [0.2, 0.25) is 0 Å². The molecule has 1 unspecified atom stereocenters. The second kappa shape index (κ2) is 4.52. The zero-order chi connectivity index (χ0) is 8.97. The normalized spacial score (nSPS) is 12.9. The average molecular weight is 233 g/mol. The second-order valence-corrected chi connectivity index (χ2v) is 3.27. The standard InChI is InChI=1S/C8H10BrFN2/c9-8-2-1-6(5-12-8)7(10)3-4-11/h1-2,5,7H,3-4,11H2. The third-order valence-electron chi connectivity index (χ3n) is 1.53. The van der Waals surface area contributed by atoms with E-state index >= 15 is 0 Å². The van der Waals surface area contributed by atoms with E-state index in [1.54, 1.807) is 12.1 Å². The molecule has 0 bridgehead atoms. The predicted molar refractivity (Wildman–Crippen MR) is 49.5 cm³/mol. The van der Waals surface area contributed by atoms with Crippen molar-refractivity contribution in [2.24, 2.45) is 5.73 Å². The maximum atomic E-state index is 13.1. The molecule has 0 aliphatic rings. The molecule has 0 fully saturated rings. The number of hydrogen-bond donors (Lipinski definition) is 1. The number of halogens is 2. The lowest BCUT2D eigenvalue weighted by atomic mass is 10.1. The fourth-order valence-electron chi connectivity index (χ4n) is 0.886. The van der Waals surface area contributed by atoms with Gasteiger partial charge in [-0.05, 0) is 35.0 Å². The Hall–Kier alpha value is -0.480. The maximum Gasteiger partial charge on any atom is 0.128 e. The van der Waals surface area contributed by atoms with Crippen molar-refractivity contribution in [1.82, 2.24) is 4.98 Å². The first-order valence-corrected chi connectivity index (χ1v) is 4.49. The van der Waals surface area contributed by atoms with Crippen molar-refractivity contribution in [2.75, 3.05) is 6.54 Å². The Labute approximate surface area is 79.1 Å². The summed E-state index contributed by atoms with van der Waals surface area (Å²) in [5.74, 6) is 0. The van der Waals surface area contributed by atoms with Gasteiger partial charge in [0.1, 0.15) is 10.8 Å². The third kappa shape index (κ3) is 2.53. The van der Waals surface area contributed by atoms with E-state index in [1.807, 2.05) is 0 Å². The first kappa shape index (κ1) is 9.61. The summed E-state index contributed by atoms with van der Waals surface area (Å²) in [6.07, 6.45) is 0.879. The van der Waals surface area contributed by atoms with Crippen molar-refractivity contribution < 1.29 is 4.39 Å². The highest BCUT2D eigenvalue weighted by molar-refractivity contribution is 9.10. The van der Waals surface area contributed by atoms with E-state index < -0.39 is 6.17 Å². The number of hydrogen-bond acceptors (Lipinski definition) is 2. The first-order valence-electron chi connectivity index (χ1n) is 3.69. The number of aromatic nitrogens is 1.